The predicted octanol–water partition coefficient (Wildman–Crippen LogP) is 2.08. The fourth-order valence-corrected chi connectivity index (χ4v) is 1.04. The molecule has 1 aromatic rings. The Morgan fingerprint density at radius 2 is 2.23 bits per heavy atom. The van der Waals surface area contributed by atoms with Crippen molar-refractivity contribution in [1.82, 2.24) is 4.98 Å². The van der Waals surface area contributed by atoms with Crippen LogP contribution in [0.2, 0.25) is 0 Å². The minimum Gasteiger partial charge on any atom is -0.479 e. The van der Waals surface area contributed by atoms with E-state index in [4.69, 9.17) is 5.11 Å². The number of hydrogen-bond donors (Lipinski definition) is 1. The first-order valence-electron chi connectivity index (χ1n) is 3.21. The van der Waals surface area contributed by atoms with Crippen molar-refractivity contribution in [3.05, 3.63) is 28.2 Å². The van der Waals surface area contributed by atoms with E-state index in [0.29, 0.717) is 0 Å². The fraction of sp³-hybridized carbons (Fsp3) is 0.143. The number of nitrogens with zero attached hydrogens (tertiary/aromatic N) is 1. The molecule has 1 atom stereocenters. The SMILES string of the molecule is O=C(O)C(F)c1ccc(F)c(Br)n1. The number of pyridine rings is 1. The minimum atomic E-state index is -2.23. The minimum absolute atomic E-state index is 0.200. The van der Waals surface area contributed by atoms with Crippen LogP contribution in [0.1, 0.15) is 11.9 Å². The lowest BCUT2D eigenvalue weighted by Crippen LogP contribution is -2.08. The molecule has 0 spiro atoms. The van der Waals surface area contributed by atoms with Crippen LogP contribution in [0.15, 0.2) is 16.7 Å². The maximum atomic E-state index is 12.8. The molecule has 0 aliphatic heterocycles. The Kier molecular flexibility index (Phi) is 2.92. The molecule has 0 aliphatic carbocycles. The highest BCUT2D eigenvalue weighted by Gasteiger charge is 2.20. The Labute approximate surface area is 80.5 Å². The summed E-state index contributed by atoms with van der Waals surface area (Å²) in [5, 5.41) is 8.27. The van der Waals surface area contributed by atoms with Gasteiger partial charge in [-0.05, 0) is 28.1 Å². The van der Waals surface area contributed by atoms with E-state index < -0.39 is 18.0 Å². The molecule has 0 fully saturated rings. The molecule has 70 valence electrons. The zero-order valence-electron chi connectivity index (χ0n) is 6.17. The summed E-state index contributed by atoms with van der Waals surface area (Å²) in [5.41, 5.74) is -0.333. The highest BCUT2D eigenvalue weighted by molar-refractivity contribution is 9.10. The Bertz CT molecular complexity index is 345. The summed E-state index contributed by atoms with van der Waals surface area (Å²) in [6, 6.07) is 1.93. The summed E-state index contributed by atoms with van der Waals surface area (Å²) in [5.74, 6) is -2.31. The molecular formula is C7H4BrF2NO2. The first kappa shape index (κ1) is 10.0. The number of alkyl halides is 1. The van der Waals surface area contributed by atoms with Crippen molar-refractivity contribution >= 4 is 21.9 Å². The number of aliphatic carboxylic acids is 1. The molecule has 1 heterocycles. The molecule has 13 heavy (non-hydrogen) atoms. The van der Waals surface area contributed by atoms with Crippen LogP contribution in [0.4, 0.5) is 8.78 Å². The van der Waals surface area contributed by atoms with Gasteiger partial charge in [0.25, 0.3) is 0 Å². The third kappa shape index (κ3) is 2.21. The van der Waals surface area contributed by atoms with Crippen molar-refractivity contribution in [2.24, 2.45) is 0 Å². The van der Waals surface area contributed by atoms with E-state index in [-0.39, 0.29) is 10.3 Å². The van der Waals surface area contributed by atoms with Crippen molar-refractivity contribution in [3.63, 3.8) is 0 Å². The molecule has 0 radical (unpaired) electrons. The highest BCUT2D eigenvalue weighted by atomic mass is 79.9. The number of aromatic nitrogens is 1. The number of carboxylic acid groups (broad SMARTS) is 1. The average molecular weight is 252 g/mol. The topological polar surface area (TPSA) is 50.2 Å². The lowest BCUT2D eigenvalue weighted by atomic mass is 10.2. The number of carbonyl (C=O) groups is 1. The van der Waals surface area contributed by atoms with Gasteiger partial charge in [0.05, 0.1) is 5.69 Å². The second-order valence-electron chi connectivity index (χ2n) is 2.21. The van der Waals surface area contributed by atoms with E-state index in [0.717, 1.165) is 12.1 Å². The van der Waals surface area contributed by atoms with E-state index in [2.05, 4.69) is 20.9 Å². The normalized spacial score (nSPS) is 12.5. The average Bonchev–Trinajstić information content (AvgIpc) is 2.08. The van der Waals surface area contributed by atoms with Crippen LogP contribution in [0, 0.1) is 5.82 Å². The van der Waals surface area contributed by atoms with Crippen LogP contribution in [-0.2, 0) is 4.79 Å². The Hall–Kier alpha value is -1.04. The van der Waals surface area contributed by atoms with E-state index in [1.807, 2.05) is 0 Å². The maximum Gasteiger partial charge on any atom is 0.344 e. The second kappa shape index (κ2) is 3.78. The van der Waals surface area contributed by atoms with Gasteiger partial charge < -0.3 is 5.11 Å². The molecule has 0 bridgehead atoms. The zero-order chi connectivity index (χ0) is 10.0. The Morgan fingerprint density at radius 3 is 2.69 bits per heavy atom. The van der Waals surface area contributed by atoms with Crippen molar-refractivity contribution in [2.75, 3.05) is 0 Å². The fourth-order valence-electron chi connectivity index (χ4n) is 0.699. The van der Waals surface area contributed by atoms with E-state index in [9.17, 15) is 13.6 Å². The van der Waals surface area contributed by atoms with E-state index >= 15 is 0 Å². The highest BCUT2D eigenvalue weighted by Crippen LogP contribution is 2.19. The van der Waals surface area contributed by atoms with Gasteiger partial charge in [0.15, 0.2) is 5.82 Å². The number of rotatable bonds is 2. The lowest BCUT2D eigenvalue weighted by molar-refractivity contribution is -0.143. The number of hydrogen-bond acceptors (Lipinski definition) is 2. The van der Waals surface area contributed by atoms with Crippen LogP contribution in [0.3, 0.4) is 0 Å². The molecule has 3 nitrogen and oxygen atoms in total. The standard InChI is InChI=1S/C7H4BrF2NO2/c8-6-3(9)1-2-4(11-6)5(10)7(12)13/h1-2,5H,(H,12,13). The van der Waals surface area contributed by atoms with Crippen LogP contribution in [0.5, 0.6) is 0 Å². The van der Waals surface area contributed by atoms with Crippen molar-refractivity contribution in [2.45, 2.75) is 6.17 Å². The molecule has 1 N–H and O–H groups in total. The quantitative estimate of drug-likeness (QED) is 0.819. The molecule has 0 saturated carbocycles. The van der Waals surface area contributed by atoms with E-state index in [1.54, 1.807) is 0 Å². The second-order valence-corrected chi connectivity index (χ2v) is 2.96. The molecule has 1 unspecified atom stereocenters. The first-order valence-corrected chi connectivity index (χ1v) is 4.00. The van der Waals surface area contributed by atoms with Gasteiger partial charge in [0, 0.05) is 0 Å². The molecule has 0 aliphatic rings. The Morgan fingerprint density at radius 1 is 1.62 bits per heavy atom. The molecule has 6 heteroatoms. The molecule has 1 rings (SSSR count). The number of halogens is 3. The van der Waals surface area contributed by atoms with Crippen molar-refractivity contribution in [1.29, 1.82) is 0 Å². The smallest absolute Gasteiger partial charge is 0.344 e. The van der Waals surface area contributed by atoms with Gasteiger partial charge in [0.1, 0.15) is 4.60 Å². The largest absolute Gasteiger partial charge is 0.479 e. The first-order chi connectivity index (χ1) is 6.02. The summed E-state index contributed by atoms with van der Waals surface area (Å²) < 4.78 is 25.1. The molecule has 0 saturated heterocycles. The molecule has 0 amide bonds. The maximum absolute atomic E-state index is 12.8. The molecule has 1 aromatic heterocycles. The van der Waals surface area contributed by atoms with Crippen molar-refractivity contribution < 1.29 is 18.7 Å². The van der Waals surface area contributed by atoms with Gasteiger partial charge >= 0.3 is 5.97 Å². The van der Waals surface area contributed by atoms with Gasteiger partial charge in [-0.15, -0.1) is 0 Å². The van der Waals surface area contributed by atoms with Crippen LogP contribution >= 0.6 is 15.9 Å². The molecule has 0 aromatic carbocycles. The van der Waals surface area contributed by atoms with Gasteiger partial charge in [-0.2, -0.15) is 0 Å². The van der Waals surface area contributed by atoms with Gasteiger partial charge in [-0.1, -0.05) is 0 Å². The van der Waals surface area contributed by atoms with Crippen LogP contribution < -0.4 is 0 Å². The van der Waals surface area contributed by atoms with Gasteiger partial charge in [-0.25, -0.2) is 18.6 Å². The Balaban J connectivity index is 3.03. The third-order valence-electron chi connectivity index (χ3n) is 1.30. The predicted molar refractivity (Wildman–Crippen MR) is 43.4 cm³/mol. The van der Waals surface area contributed by atoms with E-state index in [1.165, 1.54) is 0 Å². The van der Waals surface area contributed by atoms with Crippen LogP contribution in [0.25, 0.3) is 0 Å². The summed E-state index contributed by atoms with van der Waals surface area (Å²) in [7, 11) is 0. The summed E-state index contributed by atoms with van der Waals surface area (Å²) in [6.07, 6.45) is -2.23. The zero-order valence-corrected chi connectivity index (χ0v) is 7.75. The van der Waals surface area contributed by atoms with Crippen LogP contribution in [-0.4, -0.2) is 16.1 Å². The third-order valence-corrected chi connectivity index (χ3v) is 1.86. The van der Waals surface area contributed by atoms with Gasteiger partial charge in [-0.3, -0.25) is 0 Å². The van der Waals surface area contributed by atoms with Crippen molar-refractivity contribution in [3.8, 4) is 0 Å². The lowest BCUT2D eigenvalue weighted by Gasteiger charge is -2.02. The summed E-state index contributed by atoms with van der Waals surface area (Å²) in [6.45, 7) is 0. The number of carboxylic acids is 1. The molecular weight excluding hydrogens is 248 g/mol. The van der Waals surface area contributed by atoms with Gasteiger partial charge in [0.2, 0.25) is 6.17 Å². The monoisotopic (exact) mass is 251 g/mol. The summed E-state index contributed by atoms with van der Waals surface area (Å²) in [4.78, 5) is 13.6. The summed E-state index contributed by atoms with van der Waals surface area (Å²) >= 11 is 2.72.